The molecule has 0 saturated heterocycles. The molecule has 2 aromatic heterocycles. The first-order valence-electron chi connectivity index (χ1n) is 12.1. The number of aromatic amines is 1. The molecule has 0 aliphatic heterocycles. The number of hydrogen-bond donors (Lipinski definition) is 1. The van der Waals surface area contributed by atoms with Crippen molar-refractivity contribution in [2.24, 2.45) is 7.05 Å². The first-order chi connectivity index (χ1) is 16.6. The van der Waals surface area contributed by atoms with Crippen LogP contribution in [0.4, 0.5) is 0 Å². The lowest BCUT2D eigenvalue weighted by Gasteiger charge is -2.11. The van der Waals surface area contributed by atoms with Gasteiger partial charge in [0.05, 0.1) is 11.2 Å². The lowest BCUT2D eigenvalue weighted by molar-refractivity contribution is 0.972. The maximum absolute atomic E-state index is 3.72. The SMILES string of the molecule is CCc1ccccc1-c1c(C)c2ccc3[nH]c4cc5cc6ccccc6cc5cc4c3c2n1C. The highest BCUT2D eigenvalue weighted by atomic mass is 15.0. The van der Waals surface area contributed by atoms with E-state index in [0.717, 1.165) is 6.42 Å². The summed E-state index contributed by atoms with van der Waals surface area (Å²) in [6.07, 6.45) is 1.03. The van der Waals surface area contributed by atoms with Crippen molar-refractivity contribution in [3.63, 3.8) is 0 Å². The Morgan fingerprint density at radius 3 is 2.18 bits per heavy atom. The summed E-state index contributed by atoms with van der Waals surface area (Å²) in [4.78, 5) is 3.72. The predicted octanol–water partition coefficient (Wildman–Crippen LogP) is 8.66. The van der Waals surface area contributed by atoms with Gasteiger partial charge in [-0.25, -0.2) is 0 Å². The molecule has 0 atom stereocenters. The number of H-pyrrole nitrogens is 1. The highest BCUT2D eigenvalue weighted by Crippen LogP contribution is 2.41. The summed E-state index contributed by atoms with van der Waals surface area (Å²) in [5.41, 5.74) is 9.10. The largest absolute Gasteiger partial charge is 0.354 e. The third-order valence-corrected chi connectivity index (χ3v) is 7.64. The third kappa shape index (κ3) is 2.57. The van der Waals surface area contributed by atoms with Crippen LogP contribution in [0.5, 0.6) is 0 Å². The molecule has 0 unspecified atom stereocenters. The van der Waals surface area contributed by atoms with E-state index >= 15 is 0 Å². The maximum atomic E-state index is 3.72. The predicted molar refractivity (Wildman–Crippen MR) is 147 cm³/mol. The first-order valence-corrected chi connectivity index (χ1v) is 12.1. The maximum Gasteiger partial charge on any atom is 0.0586 e. The van der Waals surface area contributed by atoms with Gasteiger partial charge < -0.3 is 9.55 Å². The second-order valence-corrected chi connectivity index (χ2v) is 9.50. The molecule has 0 fully saturated rings. The van der Waals surface area contributed by atoms with E-state index in [9.17, 15) is 0 Å². The van der Waals surface area contributed by atoms with Gasteiger partial charge >= 0.3 is 0 Å². The van der Waals surface area contributed by atoms with Crippen molar-refractivity contribution >= 4 is 54.3 Å². The Kier molecular flexibility index (Phi) is 3.99. The number of rotatable bonds is 2. The molecule has 2 heterocycles. The van der Waals surface area contributed by atoms with Gasteiger partial charge in [0.2, 0.25) is 0 Å². The fourth-order valence-corrected chi connectivity index (χ4v) is 6.00. The fraction of sp³-hybridized carbons (Fsp3) is 0.125. The summed E-state index contributed by atoms with van der Waals surface area (Å²) in [6, 6.07) is 31.3. The number of nitrogens with zero attached hydrogens (tertiary/aromatic N) is 1. The number of nitrogens with one attached hydrogen (secondary N) is 1. The van der Waals surface area contributed by atoms with Gasteiger partial charge in [-0.15, -0.1) is 0 Å². The molecule has 0 aliphatic carbocycles. The minimum atomic E-state index is 1.03. The molecule has 2 nitrogen and oxygen atoms in total. The topological polar surface area (TPSA) is 20.7 Å². The lowest BCUT2D eigenvalue weighted by Crippen LogP contribution is -1.96. The third-order valence-electron chi connectivity index (χ3n) is 7.64. The molecule has 0 bridgehead atoms. The number of fused-ring (bicyclic) bond motifs is 7. The summed E-state index contributed by atoms with van der Waals surface area (Å²) < 4.78 is 2.42. The van der Waals surface area contributed by atoms with Crippen molar-refractivity contribution in [1.29, 1.82) is 0 Å². The Balaban J connectivity index is 1.61. The van der Waals surface area contributed by atoms with Gasteiger partial charge in [-0.3, -0.25) is 0 Å². The van der Waals surface area contributed by atoms with Gasteiger partial charge in [0, 0.05) is 39.8 Å². The quantitative estimate of drug-likeness (QED) is 0.261. The van der Waals surface area contributed by atoms with E-state index in [-0.39, 0.29) is 0 Å². The van der Waals surface area contributed by atoms with Crippen LogP contribution < -0.4 is 0 Å². The molecule has 0 radical (unpaired) electrons. The highest BCUT2D eigenvalue weighted by molar-refractivity contribution is 6.23. The van der Waals surface area contributed by atoms with Crippen LogP contribution in [0, 0.1) is 6.92 Å². The Morgan fingerprint density at radius 1 is 0.706 bits per heavy atom. The molecule has 34 heavy (non-hydrogen) atoms. The fourth-order valence-electron chi connectivity index (χ4n) is 6.00. The lowest BCUT2D eigenvalue weighted by atomic mass is 9.99. The van der Waals surface area contributed by atoms with Gasteiger partial charge in [-0.05, 0) is 76.3 Å². The van der Waals surface area contributed by atoms with Crippen LogP contribution >= 0.6 is 0 Å². The molecule has 0 spiro atoms. The van der Waals surface area contributed by atoms with E-state index in [1.165, 1.54) is 76.6 Å². The standard InChI is InChI=1S/C32H26N2/c1-4-20-9-7-8-12-26(20)31-19(2)25-13-14-28-30(32(25)34(31)3)27-17-23-15-21-10-5-6-11-22(21)16-24(23)18-29(27)33-28/h5-18,33H,4H2,1-3H3. The highest BCUT2D eigenvalue weighted by Gasteiger charge is 2.19. The van der Waals surface area contributed by atoms with E-state index in [4.69, 9.17) is 0 Å². The number of aromatic nitrogens is 2. The van der Waals surface area contributed by atoms with Crippen LogP contribution in [-0.4, -0.2) is 9.55 Å². The van der Waals surface area contributed by atoms with Crippen LogP contribution in [0.15, 0.2) is 84.9 Å². The van der Waals surface area contributed by atoms with Crippen molar-refractivity contribution in [2.45, 2.75) is 20.3 Å². The Morgan fingerprint density at radius 2 is 1.41 bits per heavy atom. The van der Waals surface area contributed by atoms with E-state index in [1.54, 1.807) is 0 Å². The molecular formula is C32H26N2. The van der Waals surface area contributed by atoms with Crippen molar-refractivity contribution in [2.75, 3.05) is 0 Å². The molecule has 2 heteroatoms. The van der Waals surface area contributed by atoms with E-state index in [2.05, 4.69) is 115 Å². The molecule has 0 aliphatic rings. The smallest absolute Gasteiger partial charge is 0.0586 e. The summed E-state index contributed by atoms with van der Waals surface area (Å²) in [6.45, 7) is 4.51. The van der Waals surface area contributed by atoms with E-state index < -0.39 is 0 Å². The summed E-state index contributed by atoms with van der Waals surface area (Å²) in [5.74, 6) is 0. The van der Waals surface area contributed by atoms with Gasteiger partial charge in [0.15, 0.2) is 0 Å². The van der Waals surface area contributed by atoms with Crippen LogP contribution in [0.25, 0.3) is 65.5 Å². The Bertz CT molecular complexity index is 1910. The number of hydrogen-bond acceptors (Lipinski definition) is 0. The van der Waals surface area contributed by atoms with E-state index in [0.29, 0.717) is 0 Å². The molecule has 0 saturated carbocycles. The average Bonchev–Trinajstić information content (AvgIpc) is 3.34. The van der Waals surface area contributed by atoms with Crippen molar-refractivity contribution < 1.29 is 0 Å². The Hall–Kier alpha value is -4.04. The summed E-state index contributed by atoms with van der Waals surface area (Å²) in [5, 5.41) is 9.06. The van der Waals surface area contributed by atoms with E-state index in [1.807, 2.05) is 0 Å². The number of aryl methyl sites for hydroxylation is 3. The van der Waals surface area contributed by atoms with Crippen molar-refractivity contribution in [3.8, 4) is 11.3 Å². The molecule has 7 rings (SSSR count). The monoisotopic (exact) mass is 438 g/mol. The van der Waals surface area contributed by atoms with Crippen LogP contribution in [0.2, 0.25) is 0 Å². The van der Waals surface area contributed by atoms with Crippen molar-refractivity contribution in [3.05, 3.63) is 96.1 Å². The first kappa shape index (κ1) is 19.4. The second kappa shape index (κ2) is 6.98. The average molecular weight is 439 g/mol. The zero-order valence-electron chi connectivity index (χ0n) is 19.7. The summed E-state index contributed by atoms with van der Waals surface area (Å²) >= 11 is 0. The molecular weight excluding hydrogens is 412 g/mol. The van der Waals surface area contributed by atoms with Gasteiger partial charge in [0.1, 0.15) is 0 Å². The minimum absolute atomic E-state index is 1.03. The van der Waals surface area contributed by atoms with Crippen LogP contribution in [0.1, 0.15) is 18.1 Å². The van der Waals surface area contributed by atoms with Crippen LogP contribution in [-0.2, 0) is 13.5 Å². The molecule has 164 valence electrons. The molecule has 5 aromatic carbocycles. The second-order valence-electron chi connectivity index (χ2n) is 9.50. The van der Waals surface area contributed by atoms with Gasteiger partial charge in [-0.1, -0.05) is 61.5 Å². The van der Waals surface area contributed by atoms with Gasteiger partial charge in [0.25, 0.3) is 0 Å². The normalized spacial score (nSPS) is 12.1. The minimum Gasteiger partial charge on any atom is -0.354 e. The van der Waals surface area contributed by atoms with Crippen molar-refractivity contribution in [1.82, 2.24) is 9.55 Å². The van der Waals surface area contributed by atoms with Gasteiger partial charge in [-0.2, -0.15) is 0 Å². The molecule has 1 N–H and O–H groups in total. The molecule has 7 aromatic rings. The van der Waals surface area contributed by atoms with Crippen LogP contribution in [0.3, 0.4) is 0 Å². The Labute approximate surface area is 198 Å². The molecule has 0 amide bonds. The zero-order chi connectivity index (χ0) is 23.0. The summed E-state index contributed by atoms with van der Waals surface area (Å²) in [7, 11) is 2.23. The zero-order valence-corrected chi connectivity index (χ0v) is 19.7. The number of benzene rings is 5.